The first-order valence-corrected chi connectivity index (χ1v) is 4.67. The van der Waals surface area contributed by atoms with Crippen molar-refractivity contribution in [2.45, 2.75) is 25.4 Å². The summed E-state index contributed by atoms with van der Waals surface area (Å²) in [6, 6.07) is 0. The standard InChI is InChI=1S/C9H18NO2/c1-11-7-2-8-12-9-3-5-10-6-4-9/h9H,2-8H2,1H3. The lowest BCUT2D eigenvalue weighted by Gasteiger charge is -2.21. The van der Waals surface area contributed by atoms with Crippen molar-refractivity contribution in [2.24, 2.45) is 0 Å². The third-order valence-electron chi connectivity index (χ3n) is 2.06. The molecule has 0 aliphatic carbocycles. The third kappa shape index (κ3) is 4.04. The molecule has 1 rings (SSSR count). The molecule has 0 aromatic heterocycles. The third-order valence-corrected chi connectivity index (χ3v) is 2.06. The highest BCUT2D eigenvalue weighted by Gasteiger charge is 2.12. The van der Waals surface area contributed by atoms with Gasteiger partial charge in [0, 0.05) is 33.4 Å². The highest BCUT2D eigenvalue weighted by atomic mass is 16.5. The SMILES string of the molecule is COCCCOC1CC[N]CC1. The van der Waals surface area contributed by atoms with Crippen molar-refractivity contribution in [1.82, 2.24) is 5.32 Å². The lowest BCUT2D eigenvalue weighted by Crippen LogP contribution is -2.28. The summed E-state index contributed by atoms with van der Waals surface area (Å²) in [5.41, 5.74) is 0. The van der Waals surface area contributed by atoms with Crippen LogP contribution in [-0.4, -0.2) is 39.5 Å². The van der Waals surface area contributed by atoms with Crippen LogP contribution in [0.25, 0.3) is 0 Å². The average molecular weight is 172 g/mol. The summed E-state index contributed by atoms with van der Waals surface area (Å²) in [4.78, 5) is 0. The maximum atomic E-state index is 5.64. The second-order valence-corrected chi connectivity index (χ2v) is 3.09. The minimum atomic E-state index is 0.458. The van der Waals surface area contributed by atoms with Crippen molar-refractivity contribution in [3.05, 3.63) is 0 Å². The molecule has 0 aromatic carbocycles. The van der Waals surface area contributed by atoms with Gasteiger partial charge in [-0.3, -0.25) is 0 Å². The van der Waals surface area contributed by atoms with Crippen LogP contribution in [0.5, 0.6) is 0 Å². The minimum Gasteiger partial charge on any atom is -0.385 e. The van der Waals surface area contributed by atoms with E-state index >= 15 is 0 Å². The van der Waals surface area contributed by atoms with E-state index in [-0.39, 0.29) is 0 Å². The topological polar surface area (TPSA) is 32.6 Å². The second-order valence-electron chi connectivity index (χ2n) is 3.09. The summed E-state index contributed by atoms with van der Waals surface area (Å²) in [7, 11) is 1.72. The summed E-state index contributed by atoms with van der Waals surface area (Å²) in [6.07, 6.45) is 3.67. The van der Waals surface area contributed by atoms with E-state index in [0.717, 1.165) is 45.6 Å². The van der Waals surface area contributed by atoms with Crippen LogP contribution >= 0.6 is 0 Å². The molecule has 71 valence electrons. The van der Waals surface area contributed by atoms with E-state index in [0.29, 0.717) is 6.10 Å². The van der Waals surface area contributed by atoms with Gasteiger partial charge >= 0.3 is 0 Å². The second kappa shape index (κ2) is 6.40. The fourth-order valence-electron chi connectivity index (χ4n) is 1.35. The van der Waals surface area contributed by atoms with Crippen molar-refractivity contribution >= 4 is 0 Å². The van der Waals surface area contributed by atoms with E-state index in [4.69, 9.17) is 9.47 Å². The normalized spacial score (nSPS) is 19.8. The van der Waals surface area contributed by atoms with Gasteiger partial charge in [-0.1, -0.05) is 0 Å². The first-order valence-electron chi connectivity index (χ1n) is 4.67. The van der Waals surface area contributed by atoms with E-state index < -0.39 is 0 Å². The number of piperidine rings is 1. The van der Waals surface area contributed by atoms with Crippen molar-refractivity contribution in [1.29, 1.82) is 0 Å². The van der Waals surface area contributed by atoms with Crippen LogP contribution in [0.15, 0.2) is 0 Å². The molecular weight excluding hydrogens is 154 g/mol. The predicted molar refractivity (Wildman–Crippen MR) is 47.3 cm³/mol. The van der Waals surface area contributed by atoms with E-state index in [9.17, 15) is 0 Å². The van der Waals surface area contributed by atoms with E-state index in [1.54, 1.807) is 7.11 Å². The molecular formula is C9H18NO2. The molecule has 12 heavy (non-hydrogen) atoms. The average Bonchev–Trinajstić information content (AvgIpc) is 2.14. The molecule has 0 aromatic rings. The molecule has 0 saturated carbocycles. The fourth-order valence-corrected chi connectivity index (χ4v) is 1.35. The van der Waals surface area contributed by atoms with Gasteiger partial charge in [0.15, 0.2) is 0 Å². The molecule has 1 saturated heterocycles. The Kier molecular flexibility index (Phi) is 5.32. The quantitative estimate of drug-likeness (QED) is 0.575. The Bertz CT molecular complexity index is 103. The van der Waals surface area contributed by atoms with Gasteiger partial charge in [0.25, 0.3) is 0 Å². The molecule has 3 nitrogen and oxygen atoms in total. The summed E-state index contributed by atoms with van der Waals surface area (Å²) in [5.74, 6) is 0. The monoisotopic (exact) mass is 172 g/mol. The van der Waals surface area contributed by atoms with Gasteiger partial charge in [0.2, 0.25) is 0 Å². The molecule has 0 unspecified atom stereocenters. The van der Waals surface area contributed by atoms with Crippen molar-refractivity contribution in [2.75, 3.05) is 33.4 Å². The summed E-state index contributed by atoms with van der Waals surface area (Å²) < 4.78 is 10.6. The molecule has 0 N–H and O–H groups in total. The summed E-state index contributed by atoms with van der Waals surface area (Å²) in [5, 5.41) is 4.27. The van der Waals surface area contributed by atoms with Crippen molar-refractivity contribution < 1.29 is 9.47 Å². The molecule has 0 atom stereocenters. The zero-order chi connectivity index (χ0) is 8.65. The predicted octanol–water partition coefficient (Wildman–Crippen LogP) is 0.806. The van der Waals surface area contributed by atoms with Gasteiger partial charge in [-0.15, -0.1) is 0 Å². The van der Waals surface area contributed by atoms with Crippen molar-refractivity contribution in [3.63, 3.8) is 0 Å². The van der Waals surface area contributed by atoms with Crippen LogP contribution in [0, 0.1) is 0 Å². The Morgan fingerprint density at radius 3 is 2.67 bits per heavy atom. The Balaban J connectivity index is 1.91. The van der Waals surface area contributed by atoms with Gasteiger partial charge in [-0.25, -0.2) is 5.32 Å². The Labute approximate surface area is 74.4 Å². The Hall–Kier alpha value is -0.120. The molecule has 3 heteroatoms. The van der Waals surface area contributed by atoms with E-state index in [1.807, 2.05) is 0 Å². The fraction of sp³-hybridized carbons (Fsp3) is 1.00. The Morgan fingerprint density at radius 1 is 1.25 bits per heavy atom. The number of hydrogen-bond acceptors (Lipinski definition) is 2. The number of methoxy groups -OCH3 is 1. The van der Waals surface area contributed by atoms with Crippen LogP contribution in [0.2, 0.25) is 0 Å². The van der Waals surface area contributed by atoms with Crippen LogP contribution in [0.4, 0.5) is 0 Å². The molecule has 1 heterocycles. The summed E-state index contributed by atoms with van der Waals surface area (Å²) >= 11 is 0. The van der Waals surface area contributed by atoms with Gasteiger partial charge < -0.3 is 9.47 Å². The molecule has 0 bridgehead atoms. The van der Waals surface area contributed by atoms with Crippen LogP contribution in [0.3, 0.4) is 0 Å². The summed E-state index contributed by atoms with van der Waals surface area (Å²) in [6.45, 7) is 3.60. The molecule has 1 radical (unpaired) electrons. The number of ether oxygens (including phenoxy) is 2. The van der Waals surface area contributed by atoms with Crippen LogP contribution < -0.4 is 5.32 Å². The molecule has 1 fully saturated rings. The Morgan fingerprint density at radius 2 is 2.00 bits per heavy atom. The lowest BCUT2D eigenvalue weighted by molar-refractivity contribution is 0.0217. The highest BCUT2D eigenvalue weighted by molar-refractivity contribution is 4.67. The van der Waals surface area contributed by atoms with E-state index in [1.165, 1.54) is 0 Å². The zero-order valence-corrected chi connectivity index (χ0v) is 7.79. The van der Waals surface area contributed by atoms with Gasteiger partial charge in [0.1, 0.15) is 0 Å². The molecule has 1 aliphatic rings. The highest BCUT2D eigenvalue weighted by Crippen LogP contribution is 2.07. The molecule has 0 amide bonds. The molecule has 1 aliphatic heterocycles. The minimum absolute atomic E-state index is 0.458. The maximum absolute atomic E-state index is 5.64. The van der Waals surface area contributed by atoms with Gasteiger partial charge in [-0.05, 0) is 19.3 Å². The van der Waals surface area contributed by atoms with E-state index in [2.05, 4.69) is 5.32 Å². The van der Waals surface area contributed by atoms with Crippen LogP contribution in [0.1, 0.15) is 19.3 Å². The van der Waals surface area contributed by atoms with Gasteiger partial charge in [-0.2, -0.15) is 0 Å². The van der Waals surface area contributed by atoms with Crippen molar-refractivity contribution in [3.8, 4) is 0 Å². The molecule has 0 spiro atoms. The lowest BCUT2D eigenvalue weighted by atomic mass is 10.1. The smallest absolute Gasteiger partial charge is 0.0600 e. The zero-order valence-electron chi connectivity index (χ0n) is 7.79. The van der Waals surface area contributed by atoms with Gasteiger partial charge in [0.05, 0.1) is 6.10 Å². The number of nitrogens with zero attached hydrogens (tertiary/aromatic N) is 1. The maximum Gasteiger partial charge on any atom is 0.0600 e. The number of rotatable bonds is 5. The largest absolute Gasteiger partial charge is 0.385 e. The first-order chi connectivity index (χ1) is 5.93. The number of hydrogen-bond donors (Lipinski definition) is 0. The van der Waals surface area contributed by atoms with Crippen LogP contribution in [-0.2, 0) is 9.47 Å². The first kappa shape index (κ1) is 9.96.